The minimum absolute atomic E-state index is 0.241. The van der Waals surface area contributed by atoms with E-state index in [1.165, 1.54) is 0 Å². The molecule has 1 aliphatic heterocycles. The summed E-state index contributed by atoms with van der Waals surface area (Å²) in [5.74, 6) is -0.241. The van der Waals surface area contributed by atoms with E-state index in [0.29, 0.717) is 39.1 Å². The second kappa shape index (κ2) is 6.42. The number of nitrogens with one attached hydrogen (secondary N) is 1. The summed E-state index contributed by atoms with van der Waals surface area (Å²) in [5.41, 5.74) is 7.06. The molecule has 116 valence electrons. The van der Waals surface area contributed by atoms with Gasteiger partial charge in [0.25, 0.3) is 0 Å². The van der Waals surface area contributed by atoms with Gasteiger partial charge in [-0.1, -0.05) is 24.3 Å². The fraction of sp³-hybridized carbons (Fsp3) is 0.412. The Kier molecular flexibility index (Phi) is 4.36. The minimum Gasteiger partial charge on any atom is -0.381 e. The Morgan fingerprint density at radius 2 is 2.00 bits per heavy atom. The number of para-hydroxylation sites is 1. The number of ether oxygens (including phenoxy) is 1. The van der Waals surface area contributed by atoms with E-state index in [1.807, 2.05) is 30.3 Å². The van der Waals surface area contributed by atoms with Crippen molar-refractivity contribution >= 4 is 16.8 Å². The van der Waals surface area contributed by atoms with Crippen LogP contribution in [0, 0.1) is 5.41 Å². The monoisotopic (exact) mass is 299 g/mol. The Bertz CT molecular complexity index is 666. The van der Waals surface area contributed by atoms with Gasteiger partial charge < -0.3 is 15.8 Å². The smallest absolute Gasteiger partial charge is 0.225 e. The van der Waals surface area contributed by atoms with Crippen molar-refractivity contribution < 1.29 is 9.53 Å². The molecule has 0 radical (unpaired) electrons. The van der Waals surface area contributed by atoms with Crippen molar-refractivity contribution in [1.29, 1.82) is 0 Å². The maximum absolute atomic E-state index is 11.8. The number of nitrogens with two attached hydrogens (primary N) is 1. The van der Waals surface area contributed by atoms with Gasteiger partial charge in [-0.15, -0.1) is 0 Å². The van der Waals surface area contributed by atoms with E-state index in [1.54, 1.807) is 0 Å². The van der Waals surface area contributed by atoms with E-state index in [4.69, 9.17) is 10.5 Å². The van der Waals surface area contributed by atoms with E-state index in [0.717, 1.165) is 16.6 Å². The number of primary amides is 1. The van der Waals surface area contributed by atoms with Crippen molar-refractivity contribution in [2.24, 2.45) is 11.1 Å². The van der Waals surface area contributed by atoms with E-state index in [-0.39, 0.29) is 5.91 Å². The first-order valence-corrected chi connectivity index (χ1v) is 7.63. The normalized spacial score (nSPS) is 17.5. The zero-order valence-electron chi connectivity index (χ0n) is 12.5. The van der Waals surface area contributed by atoms with Crippen LogP contribution < -0.4 is 11.1 Å². The summed E-state index contributed by atoms with van der Waals surface area (Å²) in [6.07, 6.45) is 1.36. The van der Waals surface area contributed by atoms with Crippen LogP contribution in [0.25, 0.3) is 10.9 Å². The topological polar surface area (TPSA) is 77.2 Å². The molecule has 3 N–H and O–H groups in total. The number of aromatic nitrogens is 1. The number of carbonyl (C=O) groups is 1. The molecule has 0 spiro atoms. The van der Waals surface area contributed by atoms with Gasteiger partial charge in [0, 0.05) is 31.7 Å². The van der Waals surface area contributed by atoms with Gasteiger partial charge in [-0.05, 0) is 25.0 Å². The molecule has 5 nitrogen and oxygen atoms in total. The molecule has 0 aliphatic carbocycles. The summed E-state index contributed by atoms with van der Waals surface area (Å²) in [7, 11) is 0. The lowest BCUT2D eigenvalue weighted by Gasteiger charge is -2.34. The van der Waals surface area contributed by atoms with E-state index >= 15 is 0 Å². The van der Waals surface area contributed by atoms with Crippen molar-refractivity contribution in [2.45, 2.75) is 19.4 Å². The molecule has 0 bridgehead atoms. The quantitative estimate of drug-likeness (QED) is 0.879. The molecular formula is C17H21N3O2. The highest BCUT2D eigenvalue weighted by molar-refractivity contribution is 5.81. The van der Waals surface area contributed by atoms with Gasteiger partial charge in [0.15, 0.2) is 0 Å². The van der Waals surface area contributed by atoms with Crippen LogP contribution in [-0.2, 0) is 16.1 Å². The summed E-state index contributed by atoms with van der Waals surface area (Å²) >= 11 is 0. The van der Waals surface area contributed by atoms with Crippen LogP contribution in [0.1, 0.15) is 18.5 Å². The van der Waals surface area contributed by atoms with Crippen molar-refractivity contribution in [1.82, 2.24) is 10.3 Å². The third-order valence-electron chi connectivity index (χ3n) is 4.40. The maximum Gasteiger partial charge on any atom is 0.225 e. The van der Waals surface area contributed by atoms with Gasteiger partial charge in [-0.3, -0.25) is 9.78 Å². The van der Waals surface area contributed by atoms with Gasteiger partial charge in [0.2, 0.25) is 5.91 Å². The molecule has 1 aromatic carbocycles. The average molecular weight is 299 g/mol. The van der Waals surface area contributed by atoms with Gasteiger partial charge in [0.05, 0.1) is 16.6 Å². The summed E-state index contributed by atoms with van der Waals surface area (Å²) in [4.78, 5) is 16.4. The van der Waals surface area contributed by atoms with Crippen LogP contribution in [0.3, 0.4) is 0 Å². The molecule has 2 aromatic rings. The van der Waals surface area contributed by atoms with Gasteiger partial charge in [0.1, 0.15) is 0 Å². The van der Waals surface area contributed by atoms with Crippen molar-refractivity contribution in [3.05, 3.63) is 42.1 Å². The summed E-state index contributed by atoms with van der Waals surface area (Å²) in [6, 6.07) is 12.1. The maximum atomic E-state index is 11.8. The highest BCUT2D eigenvalue weighted by atomic mass is 16.5. The number of amides is 1. The van der Waals surface area contributed by atoms with E-state index in [9.17, 15) is 4.79 Å². The number of benzene rings is 1. The molecular weight excluding hydrogens is 278 g/mol. The molecule has 22 heavy (non-hydrogen) atoms. The first kappa shape index (κ1) is 14.9. The Balaban J connectivity index is 1.64. The average Bonchev–Trinajstić information content (AvgIpc) is 2.55. The first-order valence-electron chi connectivity index (χ1n) is 7.63. The summed E-state index contributed by atoms with van der Waals surface area (Å²) in [6.45, 7) is 2.39. The van der Waals surface area contributed by atoms with Crippen LogP contribution in [0.15, 0.2) is 36.4 Å². The largest absolute Gasteiger partial charge is 0.381 e. The zero-order chi connectivity index (χ0) is 15.4. The fourth-order valence-electron chi connectivity index (χ4n) is 2.91. The van der Waals surface area contributed by atoms with Gasteiger partial charge in [-0.25, -0.2) is 0 Å². The number of hydrogen-bond donors (Lipinski definition) is 2. The Morgan fingerprint density at radius 1 is 1.23 bits per heavy atom. The molecule has 1 saturated heterocycles. The third kappa shape index (κ3) is 3.10. The van der Waals surface area contributed by atoms with E-state index < -0.39 is 5.41 Å². The number of hydrogen-bond acceptors (Lipinski definition) is 4. The van der Waals surface area contributed by atoms with Gasteiger partial charge in [-0.2, -0.15) is 0 Å². The van der Waals surface area contributed by atoms with Crippen LogP contribution in [0.4, 0.5) is 0 Å². The SMILES string of the molecule is NC(=O)C1(CNCc2ccc3ccccc3n2)CCOCC1. The number of pyridine rings is 1. The molecule has 0 atom stereocenters. The molecule has 0 saturated carbocycles. The van der Waals surface area contributed by atoms with Gasteiger partial charge >= 0.3 is 0 Å². The standard InChI is InChI=1S/C17H21N3O2/c18-16(21)17(7-9-22-10-8-17)12-19-11-14-6-5-13-3-1-2-4-15(13)20-14/h1-6,19H,7-12H2,(H2,18,21). The molecule has 1 amide bonds. The molecule has 3 rings (SSSR count). The molecule has 1 aromatic heterocycles. The summed E-state index contributed by atoms with van der Waals surface area (Å²) in [5, 5.41) is 4.47. The van der Waals surface area contributed by atoms with Crippen molar-refractivity contribution in [3.63, 3.8) is 0 Å². The Morgan fingerprint density at radius 3 is 2.77 bits per heavy atom. The number of fused-ring (bicyclic) bond motifs is 1. The van der Waals surface area contributed by atoms with Crippen LogP contribution in [0.2, 0.25) is 0 Å². The van der Waals surface area contributed by atoms with Crippen LogP contribution >= 0.6 is 0 Å². The second-order valence-corrected chi connectivity index (χ2v) is 5.86. The lowest BCUT2D eigenvalue weighted by Crippen LogP contribution is -2.48. The number of carbonyl (C=O) groups excluding carboxylic acids is 1. The predicted octanol–water partition coefficient (Wildman–Crippen LogP) is 1.61. The third-order valence-corrected chi connectivity index (χ3v) is 4.40. The summed E-state index contributed by atoms with van der Waals surface area (Å²) < 4.78 is 5.34. The first-order chi connectivity index (χ1) is 10.7. The van der Waals surface area contributed by atoms with E-state index in [2.05, 4.69) is 16.4 Å². The Labute approximate surface area is 129 Å². The lowest BCUT2D eigenvalue weighted by molar-refractivity contribution is -0.132. The molecule has 2 heterocycles. The molecule has 1 aliphatic rings. The predicted molar refractivity (Wildman–Crippen MR) is 85.1 cm³/mol. The van der Waals surface area contributed by atoms with Crippen molar-refractivity contribution in [2.75, 3.05) is 19.8 Å². The highest BCUT2D eigenvalue weighted by Gasteiger charge is 2.37. The highest BCUT2D eigenvalue weighted by Crippen LogP contribution is 2.29. The van der Waals surface area contributed by atoms with Crippen LogP contribution in [-0.4, -0.2) is 30.6 Å². The molecule has 5 heteroatoms. The fourth-order valence-corrected chi connectivity index (χ4v) is 2.91. The minimum atomic E-state index is -0.491. The van der Waals surface area contributed by atoms with Crippen molar-refractivity contribution in [3.8, 4) is 0 Å². The molecule has 0 unspecified atom stereocenters. The zero-order valence-corrected chi connectivity index (χ0v) is 12.5. The Hall–Kier alpha value is -1.98. The lowest BCUT2D eigenvalue weighted by atomic mass is 9.79. The number of rotatable bonds is 5. The second-order valence-electron chi connectivity index (χ2n) is 5.86. The van der Waals surface area contributed by atoms with Crippen LogP contribution in [0.5, 0.6) is 0 Å². The number of nitrogens with zero attached hydrogens (tertiary/aromatic N) is 1. The molecule has 1 fully saturated rings.